The van der Waals surface area contributed by atoms with Crippen LogP contribution in [0.4, 0.5) is 0 Å². The Morgan fingerprint density at radius 1 is 1.25 bits per heavy atom. The topological polar surface area (TPSA) is 125 Å². The number of azo groups is 1. The van der Waals surface area contributed by atoms with Gasteiger partial charge < -0.3 is 9.47 Å². The smallest absolute Gasteiger partial charge is 0.333 e. The average Bonchev–Trinajstić information content (AvgIpc) is 2.71. The van der Waals surface area contributed by atoms with Gasteiger partial charge in [-0.15, -0.1) is 0 Å². The van der Waals surface area contributed by atoms with E-state index in [0.717, 1.165) is 12.8 Å². The fraction of sp³-hybridized carbons (Fsp3) is 0.600. The molecule has 0 aromatic heterocycles. The van der Waals surface area contributed by atoms with Gasteiger partial charge in [0.15, 0.2) is 0 Å². The lowest BCUT2D eigenvalue weighted by molar-refractivity contribution is -0.138. The molecule has 0 N–H and O–H groups in total. The van der Waals surface area contributed by atoms with Gasteiger partial charge in [0.1, 0.15) is 0 Å². The SMILES string of the molecule is C=C(CC(N=NCC(C)C#N)C(C)C#N)C(=O)OC.C=CC(=O)OCCCC. The van der Waals surface area contributed by atoms with Crippen LogP contribution in [-0.2, 0) is 19.1 Å². The molecular weight excluding hydrogens is 360 g/mol. The molecule has 0 aliphatic carbocycles. The summed E-state index contributed by atoms with van der Waals surface area (Å²) in [5.41, 5.74) is 0.252. The number of nitriles is 2. The lowest BCUT2D eigenvalue weighted by Gasteiger charge is -2.13. The van der Waals surface area contributed by atoms with Gasteiger partial charge in [-0.2, -0.15) is 20.8 Å². The molecule has 0 aliphatic heterocycles. The number of ether oxygens (including phenoxy) is 2. The van der Waals surface area contributed by atoms with Crippen LogP contribution in [0.15, 0.2) is 35.0 Å². The van der Waals surface area contributed by atoms with Gasteiger partial charge in [-0.05, 0) is 20.3 Å². The molecule has 0 amide bonds. The highest BCUT2D eigenvalue weighted by Crippen LogP contribution is 2.17. The summed E-state index contributed by atoms with van der Waals surface area (Å²) in [6.07, 6.45) is 3.37. The normalized spacial score (nSPS) is 12.9. The molecule has 0 fully saturated rings. The molecule has 0 aliphatic rings. The van der Waals surface area contributed by atoms with E-state index < -0.39 is 17.9 Å². The largest absolute Gasteiger partial charge is 0.466 e. The number of hydrogen-bond acceptors (Lipinski definition) is 8. The second-order valence-corrected chi connectivity index (χ2v) is 5.98. The Labute approximate surface area is 167 Å². The number of nitrogens with zero attached hydrogens (tertiary/aromatic N) is 4. The average molecular weight is 390 g/mol. The van der Waals surface area contributed by atoms with E-state index >= 15 is 0 Å². The van der Waals surface area contributed by atoms with Crippen LogP contribution in [0.1, 0.15) is 40.0 Å². The van der Waals surface area contributed by atoms with E-state index in [1.807, 2.05) is 13.0 Å². The van der Waals surface area contributed by atoms with Crippen LogP contribution >= 0.6 is 0 Å². The Balaban J connectivity index is 0. The zero-order chi connectivity index (χ0) is 21.9. The van der Waals surface area contributed by atoms with Crippen LogP contribution in [-0.4, -0.2) is 38.2 Å². The van der Waals surface area contributed by atoms with Gasteiger partial charge in [-0.25, -0.2) is 9.59 Å². The first kappa shape index (κ1) is 27.2. The van der Waals surface area contributed by atoms with Crippen molar-refractivity contribution in [2.45, 2.75) is 46.1 Å². The van der Waals surface area contributed by atoms with Crippen molar-refractivity contribution < 1.29 is 19.1 Å². The summed E-state index contributed by atoms with van der Waals surface area (Å²) in [4.78, 5) is 21.6. The maximum Gasteiger partial charge on any atom is 0.333 e. The van der Waals surface area contributed by atoms with Crippen LogP contribution in [0.2, 0.25) is 0 Å². The molecule has 0 radical (unpaired) electrons. The number of esters is 2. The van der Waals surface area contributed by atoms with Crippen LogP contribution in [0.3, 0.4) is 0 Å². The van der Waals surface area contributed by atoms with Gasteiger partial charge >= 0.3 is 11.9 Å². The van der Waals surface area contributed by atoms with E-state index in [9.17, 15) is 9.59 Å². The summed E-state index contributed by atoms with van der Waals surface area (Å²) in [6, 6.07) is 3.65. The van der Waals surface area contributed by atoms with E-state index in [2.05, 4.69) is 38.9 Å². The molecule has 3 atom stereocenters. The number of unbranched alkanes of at least 4 members (excludes halogenated alkanes) is 1. The van der Waals surface area contributed by atoms with Crippen LogP contribution in [0.5, 0.6) is 0 Å². The van der Waals surface area contributed by atoms with E-state index in [1.165, 1.54) is 13.2 Å². The Kier molecular flexibility index (Phi) is 16.9. The van der Waals surface area contributed by atoms with Gasteiger partial charge in [-0.3, -0.25) is 0 Å². The van der Waals surface area contributed by atoms with Crippen molar-refractivity contribution >= 4 is 11.9 Å². The maximum absolute atomic E-state index is 11.3. The van der Waals surface area contributed by atoms with Crippen molar-refractivity contribution in [2.24, 2.45) is 22.1 Å². The van der Waals surface area contributed by atoms with Crippen molar-refractivity contribution in [1.29, 1.82) is 10.5 Å². The highest BCUT2D eigenvalue weighted by molar-refractivity contribution is 5.87. The predicted molar refractivity (Wildman–Crippen MR) is 105 cm³/mol. The summed E-state index contributed by atoms with van der Waals surface area (Å²) in [7, 11) is 1.27. The zero-order valence-corrected chi connectivity index (χ0v) is 17.2. The van der Waals surface area contributed by atoms with Gasteiger partial charge in [0.25, 0.3) is 0 Å². The molecule has 0 rings (SSSR count). The fourth-order valence-corrected chi connectivity index (χ4v) is 1.58. The molecule has 8 nitrogen and oxygen atoms in total. The Hall–Kier alpha value is -3.00. The minimum absolute atomic E-state index is 0.214. The lowest BCUT2D eigenvalue weighted by atomic mass is 9.97. The molecule has 0 aromatic carbocycles. The Morgan fingerprint density at radius 3 is 2.36 bits per heavy atom. The van der Waals surface area contributed by atoms with Crippen molar-refractivity contribution in [1.82, 2.24) is 0 Å². The van der Waals surface area contributed by atoms with E-state index in [0.29, 0.717) is 6.61 Å². The molecular formula is C20H30N4O4. The van der Waals surface area contributed by atoms with Crippen molar-refractivity contribution in [3.05, 3.63) is 24.8 Å². The van der Waals surface area contributed by atoms with Crippen molar-refractivity contribution in [3.63, 3.8) is 0 Å². The van der Waals surface area contributed by atoms with Gasteiger partial charge in [0.2, 0.25) is 0 Å². The molecule has 0 aromatic rings. The quantitative estimate of drug-likeness (QED) is 0.229. The molecule has 154 valence electrons. The maximum atomic E-state index is 11.3. The van der Waals surface area contributed by atoms with E-state index in [-0.39, 0.29) is 30.4 Å². The van der Waals surface area contributed by atoms with Gasteiger partial charge in [0.05, 0.1) is 50.3 Å². The molecule has 0 bridgehead atoms. The molecule has 28 heavy (non-hydrogen) atoms. The third-order valence-corrected chi connectivity index (χ3v) is 3.43. The second-order valence-electron chi connectivity index (χ2n) is 5.98. The second kappa shape index (κ2) is 17.4. The summed E-state index contributed by atoms with van der Waals surface area (Å²) in [6.45, 7) is 13.1. The molecule has 3 unspecified atom stereocenters. The fourth-order valence-electron chi connectivity index (χ4n) is 1.58. The third kappa shape index (κ3) is 14.2. The Morgan fingerprint density at radius 2 is 1.89 bits per heavy atom. The van der Waals surface area contributed by atoms with Gasteiger partial charge in [-0.1, -0.05) is 26.5 Å². The summed E-state index contributed by atoms with van der Waals surface area (Å²) >= 11 is 0. The van der Waals surface area contributed by atoms with E-state index in [4.69, 9.17) is 10.5 Å². The third-order valence-electron chi connectivity index (χ3n) is 3.43. The molecule has 0 saturated carbocycles. The first-order valence-electron chi connectivity index (χ1n) is 8.98. The van der Waals surface area contributed by atoms with Crippen LogP contribution in [0.25, 0.3) is 0 Å². The first-order chi connectivity index (χ1) is 13.3. The van der Waals surface area contributed by atoms with Crippen LogP contribution in [0, 0.1) is 34.5 Å². The van der Waals surface area contributed by atoms with Crippen LogP contribution < -0.4 is 0 Å². The molecule has 8 heteroatoms. The number of methoxy groups -OCH3 is 1. The minimum atomic E-state index is -0.518. The van der Waals surface area contributed by atoms with Crippen molar-refractivity contribution in [3.8, 4) is 12.1 Å². The number of hydrogen-bond donors (Lipinski definition) is 0. The number of rotatable bonds is 11. The monoisotopic (exact) mass is 390 g/mol. The summed E-state index contributed by atoms with van der Waals surface area (Å²) in [5.74, 6) is -1.48. The molecule has 0 heterocycles. The minimum Gasteiger partial charge on any atom is -0.466 e. The highest BCUT2D eigenvalue weighted by Gasteiger charge is 2.20. The molecule has 0 saturated heterocycles. The summed E-state index contributed by atoms with van der Waals surface area (Å²) < 4.78 is 9.22. The highest BCUT2D eigenvalue weighted by atomic mass is 16.5. The standard InChI is InChI=1S/C13H18N4O2.C7H12O2/c1-9(6-14)8-16-17-12(11(3)7-15)5-10(2)13(18)19-4;1-3-5-6-9-7(8)4-2/h9,11-12H,2,5,8H2,1,3-4H3;4H,2-3,5-6H2,1H3. The number of carbonyl (C=O) groups is 2. The zero-order valence-electron chi connectivity index (χ0n) is 17.2. The van der Waals surface area contributed by atoms with Gasteiger partial charge in [0, 0.05) is 18.1 Å². The first-order valence-corrected chi connectivity index (χ1v) is 8.98. The molecule has 0 spiro atoms. The summed E-state index contributed by atoms with van der Waals surface area (Å²) in [5, 5.41) is 25.5. The number of carbonyl (C=O) groups excluding carboxylic acids is 2. The predicted octanol–water partition coefficient (Wildman–Crippen LogP) is 3.76. The Bertz CT molecular complexity index is 617. The lowest BCUT2D eigenvalue weighted by Crippen LogP contribution is -2.18. The van der Waals surface area contributed by atoms with Crippen molar-refractivity contribution in [2.75, 3.05) is 20.3 Å². The van der Waals surface area contributed by atoms with E-state index in [1.54, 1.807) is 13.8 Å².